The molecule has 2 amide bonds. The van der Waals surface area contributed by atoms with Crippen LogP contribution < -0.4 is 10.6 Å². The summed E-state index contributed by atoms with van der Waals surface area (Å²) in [6.45, 7) is -5.80. The van der Waals surface area contributed by atoms with Gasteiger partial charge in [-0.1, -0.05) is 0 Å². The van der Waals surface area contributed by atoms with E-state index >= 15 is 0 Å². The minimum Gasteiger partial charge on any atom is -0.477 e. The molecule has 0 radical (unpaired) electrons. The summed E-state index contributed by atoms with van der Waals surface area (Å²) in [5.41, 5.74) is 0. The molecule has 0 spiro atoms. The van der Waals surface area contributed by atoms with Crippen molar-refractivity contribution in [3.63, 3.8) is 0 Å². The summed E-state index contributed by atoms with van der Waals surface area (Å²) >= 11 is 0. The Hall–Kier alpha value is -2.99. The second kappa shape index (κ2) is 31.7. The van der Waals surface area contributed by atoms with E-state index in [-0.39, 0.29) is 0 Å². The van der Waals surface area contributed by atoms with Gasteiger partial charge in [-0.05, 0) is 0 Å². The summed E-state index contributed by atoms with van der Waals surface area (Å²) in [4.78, 5) is 38.4. The maximum Gasteiger partial charge on any atom is 0.364 e. The molecule has 7 heterocycles. The molecule has 0 saturated carbocycles. The van der Waals surface area contributed by atoms with E-state index in [1.807, 2.05) is 0 Å². The van der Waals surface area contributed by atoms with Crippen molar-refractivity contribution in [3.05, 3.63) is 0 Å². The maximum atomic E-state index is 13.2. The molecule has 7 saturated heterocycles. The van der Waals surface area contributed by atoms with E-state index in [1.165, 1.54) is 0 Å². The van der Waals surface area contributed by atoms with Gasteiger partial charge < -0.3 is 190 Å². The predicted molar refractivity (Wildman–Crippen MR) is 272 cm³/mol. The number of hydrogen-bond acceptors (Lipinski definition) is 38. The number of amides is 2. The summed E-state index contributed by atoms with van der Waals surface area (Å²) < 4.78 is 74.3. The highest BCUT2D eigenvalue weighted by Gasteiger charge is 2.62. The van der Waals surface area contributed by atoms with Crippen LogP contribution in [0.1, 0.15) is 20.3 Å². The van der Waals surface area contributed by atoms with Gasteiger partial charge in [0.1, 0.15) is 165 Å². The summed E-state index contributed by atoms with van der Waals surface area (Å²) in [7, 11) is 0. The largest absolute Gasteiger partial charge is 0.477 e. The summed E-state index contributed by atoms with van der Waals surface area (Å²) in [5, 5.41) is 253. The Labute approximate surface area is 508 Å². The van der Waals surface area contributed by atoms with E-state index in [0.717, 1.165) is 13.8 Å². The SMILES string of the molecule is CC(=O)N[C@H]1[C@H](O[C@H]2[C@@H](O)[C@@H](CO)O[C@@H](O[C@H]3[C@H](O)[C@@H](O)[C@H](O)O[C@@H]3CO)[C@@H]2O)O[C@H](CO[C@@H]2O[C@H](CO)[C@@H](O[C@@H]3O[C@H](CO)[C@H](O)[C@H](O)[C@H]3O)[C@H](O)[C@H]2O)[C@@H](O[C@@H]2O[C@H](CO)[C@H](O)[C@H](O[C@]3(C(=O)O)C[C@H](O)[C@@H](NC(C)=O)[C@H]([C@H](O)[C@H](O)CO)O3)[C@H]2O)[C@@H]1O. The van der Waals surface area contributed by atoms with Crippen LogP contribution in [-0.4, -0.2) is 402 Å². The molecule has 41 heteroatoms. The lowest BCUT2D eigenvalue weighted by Gasteiger charge is -2.51. The van der Waals surface area contributed by atoms with E-state index in [0.29, 0.717) is 0 Å². The standard InChI is InChI=1S/C49H82N2O39/c1-11(58)50-21-13(60)3-49(48(76)77,89-39(21)23(62)14(61)4-52)90-41-26(65)17(7-55)82-47(35(41)74)87-38-20(10-78-44-33(72)30(69)37(19(9-57)83-44)85-45-32(71)28(67)24(63)15(5-53)80-45)84-43(22(27(38)66)51-12(2)59)88-40-25(64)16(6-54)81-46(34(40)73)86-36-18(8-56)79-42(75)31(70)29(36)68/h13-47,52-57,60-75H,3-10H2,1-2H3,(H,50,58)(H,51,59)(H,76,77)/t13-,14+,15+,16+,17+,18+,19+,20+,21+,22+,23+,24-,25-,26-,27+,28-,29+,30+,31+,32+,33+,34+,35+,36+,37+,38+,39+,40-,41-,42+,43-,44+,45-,46-,47-,49-/m0/s1. The minimum atomic E-state index is -3.31. The fraction of sp³-hybridized carbons (Fsp3) is 0.939. The van der Waals surface area contributed by atoms with Gasteiger partial charge in [-0.15, -0.1) is 0 Å². The number of carbonyl (C=O) groups excluding carboxylic acids is 2. The number of ether oxygens (including phenoxy) is 13. The van der Waals surface area contributed by atoms with E-state index in [4.69, 9.17) is 61.6 Å². The molecular weight excluding hydrogens is 1240 g/mol. The molecule has 0 aromatic rings. The third kappa shape index (κ3) is 15.8. The van der Waals surface area contributed by atoms with Crippen molar-refractivity contribution in [2.45, 2.75) is 241 Å². The number of hydrogen-bond donors (Lipinski definition) is 25. The molecule has 522 valence electrons. The average molecular weight is 1320 g/mol. The molecule has 7 aliphatic rings. The Kier molecular flexibility index (Phi) is 26.2. The topological polar surface area (TPSA) is 661 Å². The Bertz CT molecular complexity index is 2290. The van der Waals surface area contributed by atoms with Gasteiger partial charge in [-0.25, -0.2) is 4.79 Å². The van der Waals surface area contributed by atoms with Crippen LogP contribution in [0.2, 0.25) is 0 Å². The van der Waals surface area contributed by atoms with Gasteiger partial charge in [0.05, 0.1) is 58.4 Å². The molecule has 0 bridgehead atoms. The Morgan fingerprint density at radius 1 is 0.456 bits per heavy atom. The van der Waals surface area contributed by atoms with Crippen molar-refractivity contribution in [1.82, 2.24) is 10.6 Å². The van der Waals surface area contributed by atoms with Crippen LogP contribution in [0, 0.1) is 0 Å². The fourth-order valence-corrected chi connectivity index (χ4v) is 11.4. The van der Waals surface area contributed by atoms with Crippen LogP contribution in [-0.2, 0) is 76.0 Å². The number of nitrogens with one attached hydrogen (secondary N) is 2. The van der Waals surface area contributed by atoms with Crippen molar-refractivity contribution >= 4 is 17.8 Å². The highest BCUT2D eigenvalue weighted by atomic mass is 16.8. The third-order valence-electron chi connectivity index (χ3n) is 16.3. The van der Waals surface area contributed by atoms with E-state index in [2.05, 4.69) is 10.6 Å². The van der Waals surface area contributed by atoms with E-state index in [1.54, 1.807) is 0 Å². The number of rotatable bonds is 24. The van der Waals surface area contributed by atoms with Gasteiger partial charge in [-0.3, -0.25) is 9.59 Å². The molecule has 7 fully saturated rings. The molecule has 7 aliphatic heterocycles. The molecule has 0 aliphatic carbocycles. The second-order valence-corrected chi connectivity index (χ2v) is 22.5. The van der Waals surface area contributed by atoms with Gasteiger partial charge in [-0.2, -0.15) is 0 Å². The molecule has 0 aromatic carbocycles. The predicted octanol–water partition coefficient (Wildman–Crippen LogP) is -16.8. The molecule has 41 nitrogen and oxygen atoms in total. The zero-order chi connectivity index (χ0) is 66.7. The number of carboxylic acid groups (broad SMARTS) is 1. The van der Waals surface area contributed by atoms with Crippen LogP contribution >= 0.6 is 0 Å². The average Bonchev–Trinajstić information content (AvgIpc) is 0.773. The lowest BCUT2D eigenvalue weighted by Crippen LogP contribution is -2.71. The van der Waals surface area contributed by atoms with Gasteiger partial charge in [0, 0.05) is 20.3 Å². The monoisotopic (exact) mass is 1320 g/mol. The normalized spacial score (nSPS) is 48.5. The first kappa shape index (κ1) is 74.4. The Morgan fingerprint density at radius 2 is 0.878 bits per heavy atom. The maximum absolute atomic E-state index is 13.2. The zero-order valence-corrected chi connectivity index (χ0v) is 47.7. The number of carboxylic acids is 1. The summed E-state index contributed by atoms with van der Waals surface area (Å²) in [6.07, 6.45) is -70.6. The van der Waals surface area contributed by atoms with Gasteiger partial charge >= 0.3 is 5.97 Å². The number of carbonyl (C=O) groups is 3. The molecule has 90 heavy (non-hydrogen) atoms. The molecule has 0 aromatic heterocycles. The zero-order valence-electron chi connectivity index (χ0n) is 47.7. The number of aliphatic hydroxyl groups excluding tert-OH is 22. The highest BCUT2D eigenvalue weighted by Crippen LogP contribution is 2.40. The quantitative estimate of drug-likeness (QED) is 0.0427. The summed E-state index contributed by atoms with van der Waals surface area (Å²) in [6, 6.07) is -3.78. The van der Waals surface area contributed by atoms with Crippen LogP contribution in [0.25, 0.3) is 0 Å². The first-order valence-corrected chi connectivity index (χ1v) is 28.3. The molecule has 7 rings (SSSR count). The number of aliphatic hydroxyl groups is 22. The van der Waals surface area contributed by atoms with Gasteiger partial charge in [0.15, 0.2) is 37.7 Å². The smallest absolute Gasteiger partial charge is 0.364 e. The van der Waals surface area contributed by atoms with Crippen molar-refractivity contribution in [3.8, 4) is 0 Å². The Morgan fingerprint density at radius 3 is 1.39 bits per heavy atom. The van der Waals surface area contributed by atoms with Crippen molar-refractivity contribution in [2.24, 2.45) is 0 Å². The van der Waals surface area contributed by atoms with Crippen LogP contribution in [0.15, 0.2) is 0 Å². The first-order chi connectivity index (χ1) is 42.4. The third-order valence-corrected chi connectivity index (χ3v) is 16.3. The van der Waals surface area contributed by atoms with E-state index in [9.17, 15) is 132 Å². The molecule has 0 unspecified atom stereocenters. The summed E-state index contributed by atoms with van der Waals surface area (Å²) in [5.74, 6) is -7.33. The van der Waals surface area contributed by atoms with Crippen molar-refractivity contribution < 1.29 is 193 Å². The van der Waals surface area contributed by atoms with Crippen molar-refractivity contribution in [1.29, 1.82) is 0 Å². The van der Waals surface area contributed by atoms with Gasteiger partial charge in [0.25, 0.3) is 5.79 Å². The van der Waals surface area contributed by atoms with Crippen LogP contribution in [0.4, 0.5) is 0 Å². The highest BCUT2D eigenvalue weighted by molar-refractivity contribution is 5.76. The van der Waals surface area contributed by atoms with Gasteiger partial charge in [0.2, 0.25) is 11.8 Å². The fourth-order valence-electron chi connectivity index (χ4n) is 11.4. The molecule has 36 atom stereocenters. The Balaban J connectivity index is 1.22. The molecular formula is C49H82N2O39. The lowest BCUT2D eigenvalue weighted by atomic mass is 9.88. The van der Waals surface area contributed by atoms with Crippen LogP contribution in [0.5, 0.6) is 0 Å². The number of aliphatic carboxylic acids is 1. The first-order valence-electron chi connectivity index (χ1n) is 28.3. The molecule has 25 N–H and O–H groups in total. The van der Waals surface area contributed by atoms with Crippen molar-refractivity contribution in [2.75, 3.05) is 46.2 Å². The second-order valence-electron chi connectivity index (χ2n) is 22.5. The van der Waals surface area contributed by atoms with E-state index < -0.39 is 291 Å². The lowest BCUT2D eigenvalue weighted by molar-refractivity contribution is -0.393. The minimum absolute atomic E-state index is 0.871. The van der Waals surface area contributed by atoms with Crippen LogP contribution in [0.3, 0.4) is 0 Å².